The number of halogens is 2. The molecule has 8 heteroatoms. The van der Waals surface area contributed by atoms with Gasteiger partial charge < -0.3 is 15.0 Å². The fourth-order valence-corrected chi connectivity index (χ4v) is 2.86. The molecule has 1 aromatic rings. The SMILES string of the molecule is CN=C(NCc1ccc(C#N)cc1F)N1CC(C)C(C(=O)OC)C1.I. The number of hydrogen-bond acceptors (Lipinski definition) is 4. The van der Waals surface area contributed by atoms with Gasteiger partial charge in [-0.1, -0.05) is 13.0 Å². The largest absolute Gasteiger partial charge is 0.469 e. The van der Waals surface area contributed by atoms with Gasteiger partial charge >= 0.3 is 5.97 Å². The lowest BCUT2D eigenvalue weighted by Crippen LogP contribution is -2.40. The molecule has 136 valence electrons. The summed E-state index contributed by atoms with van der Waals surface area (Å²) in [7, 11) is 3.03. The maximum absolute atomic E-state index is 13.9. The Morgan fingerprint density at radius 3 is 2.80 bits per heavy atom. The van der Waals surface area contributed by atoms with Crippen LogP contribution >= 0.6 is 24.0 Å². The molecule has 0 radical (unpaired) electrons. The molecule has 2 rings (SSSR count). The Morgan fingerprint density at radius 1 is 1.52 bits per heavy atom. The van der Waals surface area contributed by atoms with Crippen LogP contribution in [0.25, 0.3) is 0 Å². The number of nitrogens with one attached hydrogen (secondary N) is 1. The van der Waals surface area contributed by atoms with Gasteiger partial charge in [-0.05, 0) is 18.1 Å². The maximum Gasteiger partial charge on any atom is 0.310 e. The van der Waals surface area contributed by atoms with Crippen molar-refractivity contribution in [3.8, 4) is 6.07 Å². The van der Waals surface area contributed by atoms with Crippen LogP contribution in [0.3, 0.4) is 0 Å². The van der Waals surface area contributed by atoms with Crippen LogP contribution in [0.5, 0.6) is 0 Å². The zero-order valence-corrected chi connectivity index (χ0v) is 16.8. The highest BCUT2D eigenvalue weighted by Gasteiger charge is 2.36. The van der Waals surface area contributed by atoms with Crippen molar-refractivity contribution in [1.29, 1.82) is 5.26 Å². The highest BCUT2D eigenvalue weighted by Crippen LogP contribution is 2.24. The smallest absolute Gasteiger partial charge is 0.310 e. The molecular weight excluding hydrogens is 438 g/mol. The fourth-order valence-electron chi connectivity index (χ4n) is 2.86. The number of guanidine groups is 1. The third kappa shape index (κ3) is 5.04. The van der Waals surface area contributed by atoms with E-state index in [2.05, 4.69) is 10.3 Å². The first kappa shape index (κ1) is 21.2. The Morgan fingerprint density at radius 2 is 2.24 bits per heavy atom. The van der Waals surface area contributed by atoms with E-state index in [4.69, 9.17) is 10.00 Å². The molecule has 1 fully saturated rings. The maximum atomic E-state index is 13.9. The Kier molecular flexibility index (Phi) is 8.09. The number of aliphatic imine (C=N–C) groups is 1. The molecule has 1 aliphatic heterocycles. The van der Waals surface area contributed by atoms with Gasteiger partial charge in [-0.15, -0.1) is 24.0 Å². The van der Waals surface area contributed by atoms with Gasteiger partial charge in [0.05, 0.1) is 24.7 Å². The average molecular weight is 460 g/mol. The predicted molar refractivity (Wildman–Crippen MR) is 103 cm³/mol. The van der Waals surface area contributed by atoms with E-state index in [1.165, 1.54) is 13.2 Å². The second-order valence-corrected chi connectivity index (χ2v) is 5.83. The minimum absolute atomic E-state index is 0. The summed E-state index contributed by atoms with van der Waals surface area (Å²) < 4.78 is 18.8. The highest BCUT2D eigenvalue weighted by atomic mass is 127. The van der Waals surface area contributed by atoms with Gasteiger partial charge in [-0.2, -0.15) is 5.26 Å². The quantitative estimate of drug-likeness (QED) is 0.324. The third-order valence-electron chi connectivity index (χ3n) is 4.25. The third-order valence-corrected chi connectivity index (χ3v) is 4.25. The summed E-state index contributed by atoms with van der Waals surface area (Å²) in [5.41, 5.74) is 0.738. The van der Waals surface area contributed by atoms with Crippen molar-refractivity contribution >= 4 is 35.9 Å². The molecule has 0 amide bonds. The number of ether oxygens (including phenoxy) is 1. The van der Waals surface area contributed by atoms with Crippen molar-refractivity contribution in [2.24, 2.45) is 16.8 Å². The lowest BCUT2D eigenvalue weighted by atomic mass is 9.99. The van der Waals surface area contributed by atoms with Crippen LogP contribution < -0.4 is 5.32 Å². The Hall–Kier alpha value is -1.89. The molecule has 0 spiro atoms. The summed E-state index contributed by atoms with van der Waals surface area (Å²) in [6, 6.07) is 6.28. The number of esters is 1. The van der Waals surface area contributed by atoms with Crippen molar-refractivity contribution in [1.82, 2.24) is 10.2 Å². The average Bonchev–Trinajstić information content (AvgIpc) is 2.97. The summed E-state index contributed by atoms with van der Waals surface area (Å²) in [5.74, 6) is -0.0855. The molecule has 25 heavy (non-hydrogen) atoms. The molecule has 2 unspecified atom stereocenters. The molecule has 0 saturated carbocycles. The van der Waals surface area contributed by atoms with Crippen molar-refractivity contribution < 1.29 is 13.9 Å². The number of nitrogens with zero attached hydrogens (tertiary/aromatic N) is 3. The minimum atomic E-state index is -0.431. The van der Waals surface area contributed by atoms with E-state index in [1.54, 1.807) is 19.2 Å². The molecular formula is C17H22FIN4O2. The van der Waals surface area contributed by atoms with E-state index in [-0.39, 0.29) is 53.9 Å². The lowest BCUT2D eigenvalue weighted by molar-refractivity contribution is -0.145. The van der Waals surface area contributed by atoms with Crippen molar-refractivity contribution in [2.75, 3.05) is 27.2 Å². The standard InChI is InChI=1S/C17H21FN4O2.HI/c1-11-9-22(10-14(11)16(23)24-3)17(20-2)21-8-13-5-4-12(7-19)6-15(13)18;/h4-6,11,14H,8-10H2,1-3H3,(H,20,21);1H. The summed E-state index contributed by atoms with van der Waals surface area (Å²) in [4.78, 5) is 18.0. The van der Waals surface area contributed by atoms with Gasteiger partial charge in [-0.3, -0.25) is 9.79 Å². The van der Waals surface area contributed by atoms with Gasteiger partial charge in [0.2, 0.25) is 0 Å². The van der Waals surface area contributed by atoms with E-state index < -0.39 is 5.82 Å². The number of benzene rings is 1. The van der Waals surface area contributed by atoms with Crippen LogP contribution in [-0.4, -0.2) is 44.1 Å². The van der Waals surface area contributed by atoms with Gasteiger partial charge in [0.15, 0.2) is 5.96 Å². The number of methoxy groups -OCH3 is 1. The lowest BCUT2D eigenvalue weighted by Gasteiger charge is -2.21. The number of carbonyl (C=O) groups excluding carboxylic acids is 1. The normalized spacial score (nSPS) is 19.8. The number of hydrogen-bond donors (Lipinski definition) is 1. The summed E-state index contributed by atoms with van der Waals surface area (Å²) in [5, 5.41) is 11.9. The number of rotatable bonds is 3. The Labute approximate surface area is 164 Å². The molecule has 1 aromatic carbocycles. The van der Waals surface area contributed by atoms with Crippen LogP contribution in [0.1, 0.15) is 18.1 Å². The molecule has 0 aliphatic carbocycles. The Balaban J connectivity index is 0.00000312. The second-order valence-electron chi connectivity index (χ2n) is 5.83. The zero-order chi connectivity index (χ0) is 17.7. The van der Waals surface area contributed by atoms with Crippen molar-refractivity contribution in [2.45, 2.75) is 13.5 Å². The van der Waals surface area contributed by atoms with E-state index in [9.17, 15) is 9.18 Å². The topological polar surface area (TPSA) is 77.7 Å². The number of carbonyl (C=O) groups is 1. The highest BCUT2D eigenvalue weighted by molar-refractivity contribution is 14.0. The first-order valence-electron chi connectivity index (χ1n) is 7.72. The first-order chi connectivity index (χ1) is 11.5. The van der Waals surface area contributed by atoms with Gasteiger partial charge in [0.1, 0.15) is 5.82 Å². The van der Waals surface area contributed by atoms with E-state index in [0.717, 1.165) is 0 Å². The van der Waals surface area contributed by atoms with Crippen LogP contribution in [0.4, 0.5) is 4.39 Å². The molecule has 1 aliphatic rings. The summed E-state index contributed by atoms with van der Waals surface area (Å²) in [6.07, 6.45) is 0. The second kappa shape index (κ2) is 9.56. The van der Waals surface area contributed by atoms with E-state index in [0.29, 0.717) is 24.6 Å². The van der Waals surface area contributed by atoms with E-state index in [1.807, 2.05) is 17.9 Å². The molecule has 1 heterocycles. The zero-order valence-electron chi connectivity index (χ0n) is 14.5. The minimum Gasteiger partial charge on any atom is -0.469 e. The van der Waals surface area contributed by atoms with E-state index >= 15 is 0 Å². The number of likely N-dealkylation sites (tertiary alicyclic amines) is 1. The molecule has 1 saturated heterocycles. The number of nitriles is 1. The molecule has 0 aromatic heterocycles. The first-order valence-corrected chi connectivity index (χ1v) is 7.72. The summed E-state index contributed by atoms with van der Waals surface area (Å²) >= 11 is 0. The fraction of sp³-hybridized carbons (Fsp3) is 0.471. The van der Waals surface area contributed by atoms with Gasteiger partial charge in [0, 0.05) is 32.2 Å². The van der Waals surface area contributed by atoms with Crippen LogP contribution in [0, 0.1) is 29.0 Å². The monoisotopic (exact) mass is 460 g/mol. The molecule has 2 atom stereocenters. The van der Waals surface area contributed by atoms with Crippen LogP contribution in [0.15, 0.2) is 23.2 Å². The predicted octanol–water partition coefficient (Wildman–Crippen LogP) is 2.13. The molecule has 0 bridgehead atoms. The Bertz CT molecular complexity index is 690. The van der Waals surface area contributed by atoms with Crippen molar-refractivity contribution in [3.63, 3.8) is 0 Å². The van der Waals surface area contributed by atoms with Crippen LogP contribution in [0.2, 0.25) is 0 Å². The van der Waals surface area contributed by atoms with Gasteiger partial charge in [0.25, 0.3) is 0 Å². The van der Waals surface area contributed by atoms with Crippen LogP contribution in [-0.2, 0) is 16.1 Å². The summed E-state index contributed by atoms with van der Waals surface area (Å²) in [6.45, 7) is 3.44. The molecule has 6 nitrogen and oxygen atoms in total. The van der Waals surface area contributed by atoms with Crippen molar-refractivity contribution in [3.05, 3.63) is 35.1 Å². The van der Waals surface area contributed by atoms with Gasteiger partial charge in [-0.25, -0.2) is 4.39 Å². The molecule has 1 N–H and O–H groups in total.